The number of thiol groups is 1. The summed E-state index contributed by atoms with van der Waals surface area (Å²) < 4.78 is 17.6. The van der Waals surface area contributed by atoms with Crippen LogP contribution in [0.25, 0.3) is 0 Å². The van der Waals surface area contributed by atoms with Crippen molar-refractivity contribution in [3.63, 3.8) is 0 Å². The molecule has 108 valence electrons. The van der Waals surface area contributed by atoms with E-state index >= 15 is 0 Å². The van der Waals surface area contributed by atoms with Crippen LogP contribution in [0.15, 0.2) is 0 Å². The maximum Gasteiger partial charge on any atom is 0.364 e. The smallest absolute Gasteiger partial charge is 0.364 e. The van der Waals surface area contributed by atoms with Crippen molar-refractivity contribution in [1.82, 2.24) is 4.90 Å². The van der Waals surface area contributed by atoms with E-state index in [4.69, 9.17) is 25.8 Å². The van der Waals surface area contributed by atoms with Gasteiger partial charge in [0.1, 0.15) is 4.32 Å². The molecule has 0 unspecified atom stereocenters. The lowest BCUT2D eigenvalue weighted by Gasteiger charge is -2.30. The third-order valence-electron chi connectivity index (χ3n) is 2.56. The fraction of sp³-hybridized carbons (Fsp3) is 0.909. The molecule has 0 bridgehead atoms. The first-order valence-corrected chi connectivity index (χ1v) is 9.30. The minimum Gasteiger partial charge on any atom is -0.393 e. The summed E-state index contributed by atoms with van der Waals surface area (Å²) in [7, 11) is 1.42. The Hall–Kier alpha value is 0.337. The fourth-order valence-corrected chi connectivity index (χ4v) is 4.83. The van der Waals surface area contributed by atoms with Gasteiger partial charge in [0.15, 0.2) is 0 Å². The fourth-order valence-electron chi connectivity index (χ4n) is 1.77. The lowest BCUT2D eigenvalue weighted by atomic mass is 10.5. The van der Waals surface area contributed by atoms with Crippen LogP contribution in [0, 0.1) is 0 Å². The summed E-state index contributed by atoms with van der Waals surface area (Å²) in [5, 5.41) is 0. The summed E-state index contributed by atoms with van der Waals surface area (Å²) in [5.74, 6) is 0. The Labute approximate surface area is 123 Å². The predicted molar refractivity (Wildman–Crippen MR) is 84.5 cm³/mol. The maximum atomic E-state index is 5.87. The highest BCUT2D eigenvalue weighted by atomic mass is 32.1. The average Bonchev–Trinajstić information content (AvgIpc) is 2.29. The van der Waals surface area contributed by atoms with Gasteiger partial charge in [0.2, 0.25) is 0 Å². The molecule has 0 radical (unpaired) electrons. The quantitative estimate of drug-likeness (QED) is 0.380. The molecule has 0 saturated carbocycles. The van der Waals surface area contributed by atoms with Crippen molar-refractivity contribution in [2.24, 2.45) is 0 Å². The lowest BCUT2D eigenvalue weighted by molar-refractivity contribution is 0.131. The van der Waals surface area contributed by atoms with Gasteiger partial charge in [-0.25, -0.2) is 0 Å². The van der Waals surface area contributed by atoms with Crippen LogP contribution in [-0.2, 0) is 13.6 Å². The van der Waals surface area contributed by atoms with Crippen molar-refractivity contribution in [3.8, 4) is 0 Å². The number of thiocarbonyl (C=S) groups is 1. The largest absolute Gasteiger partial charge is 0.393 e. The number of ether oxygens (including phenoxy) is 1. The highest BCUT2D eigenvalue weighted by Crippen LogP contribution is 2.17. The van der Waals surface area contributed by atoms with Crippen molar-refractivity contribution < 1.29 is 13.6 Å². The van der Waals surface area contributed by atoms with Crippen LogP contribution in [0.5, 0.6) is 0 Å². The van der Waals surface area contributed by atoms with E-state index in [1.807, 2.05) is 25.8 Å². The summed E-state index contributed by atoms with van der Waals surface area (Å²) in [4.78, 5) is 1.95. The highest BCUT2D eigenvalue weighted by Gasteiger charge is 2.36. The lowest BCUT2D eigenvalue weighted by Crippen LogP contribution is -2.47. The highest BCUT2D eigenvalue weighted by molar-refractivity contribution is 8.10. The van der Waals surface area contributed by atoms with Gasteiger partial charge in [0.25, 0.3) is 0 Å². The molecule has 18 heavy (non-hydrogen) atoms. The van der Waals surface area contributed by atoms with Crippen LogP contribution >= 0.6 is 24.8 Å². The Balaban J connectivity index is 4.33. The van der Waals surface area contributed by atoms with Crippen LogP contribution in [0.4, 0.5) is 0 Å². The molecular weight excluding hydrogens is 286 g/mol. The van der Waals surface area contributed by atoms with Crippen molar-refractivity contribution in [1.29, 1.82) is 0 Å². The normalized spacial score (nSPS) is 11.6. The van der Waals surface area contributed by atoms with E-state index < -0.39 is 8.56 Å². The topological polar surface area (TPSA) is 30.9 Å². The molecule has 0 aromatic carbocycles. The van der Waals surface area contributed by atoms with Crippen LogP contribution in [-0.4, -0.2) is 57.9 Å². The van der Waals surface area contributed by atoms with Crippen molar-refractivity contribution in [3.05, 3.63) is 0 Å². The molecule has 0 N–H and O–H groups in total. The standard InChI is InChI=1S/C11H25NO3S2Si/c1-5-14-18(10-13-4,15-6-2)9-7-8-12(3)11(16)17/h5-10H2,1-4H3,(H,16,17). The molecule has 0 aliphatic heterocycles. The van der Waals surface area contributed by atoms with Crippen molar-refractivity contribution in [2.45, 2.75) is 26.3 Å². The van der Waals surface area contributed by atoms with Gasteiger partial charge < -0.3 is 18.5 Å². The molecule has 0 amide bonds. The molecule has 0 atom stereocenters. The molecule has 0 aliphatic carbocycles. The monoisotopic (exact) mass is 311 g/mol. The van der Waals surface area contributed by atoms with Gasteiger partial charge in [0, 0.05) is 33.9 Å². The van der Waals surface area contributed by atoms with Gasteiger partial charge in [-0.2, -0.15) is 0 Å². The SMILES string of the molecule is CCO[Si](CCCN(C)C(=S)S)(COC)OCC. The van der Waals surface area contributed by atoms with Gasteiger partial charge in [-0.05, 0) is 26.3 Å². The number of methoxy groups -OCH3 is 1. The molecule has 0 aromatic heterocycles. The van der Waals surface area contributed by atoms with E-state index in [0.29, 0.717) is 23.8 Å². The third kappa shape index (κ3) is 7.06. The van der Waals surface area contributed by atoms with Crippen LogP contribution in [0.2, 0.25) is 6.04 Å². The number of hydrogen-bond acceptors (Lipinski definition) is 4. The van der Waals surface area contributed by atoms with E-state index in [1.165, 1.54) is 0 Å². The Kier molecular flexibility index (Phi) is 10.4. The van der Waals surface area contributed by atoms with E-state index in [2.05, 4.69) is 12.6 Å². The van der Waals surface area contributed by atoms with Gasteiger partial charge in [-0.3, -0.25) is 0 Å². The Bertz CT molecular complexity index is 227. The molecule has 7 heteroatoms. The van der Waals surface area contributed by atoms with Crippen molar-refractivity contribution in [2.75, 3.05) is 40.1 Å². The average molecular weight is 312 g/mol. The minimum absolute atomic E-state index is 0.573. The van der Waals surface area contributed by atoms with Gasteiger partial charge in [-0.1, -0.05) is 12.2 Å². The second-order valence-corrected chi connectivity index (χ2v) is 8.32. The van der Waals surface area contributed by atoms with Crippen LogP contribution < -0.4 is 0 Å². The first-order chi connectivity index (χ1) is 8.51. The van der Waals surface area contributed by atoms with E-state index in [-0.39, 0.29) is 0 Å². The first-order valence-electron chi connectivity index (χ1n) is 6.22. The number of hydrogen-bond donors (Lipinski definition) is 1. The summed E-state index contributed by atoms with van der Waals surface area (Å²) in [6.45, 7) is 6.17. The summed E-state index contributed by atoms with van der Waals surface area (Å²) in [6, 6.07) is 0.906. The second kappa shape index (κ2) is 10.2. The number of nitrogens with zero attached hydrogens (tertiary/aromatic N) is 1. The summed E-state index contributed by atoms with van der Waals surface area (Å²) in [6.07, 6.45) is 1.54. The molecule has 0 aromatic rings. The Morgan fingerprint density at radius 2 is 1.83 bits per heavy atom. The van der Waals surface area contributed by atoms with Crippen molar-refractivity contribution >= 4 is 37.7 Å². The Morgan fingerprint density at radius 3 is 2.22 bits per heavy atom. The number of rotatable bonds is 10. The zero-order chi connectivity index (χ0) is 14.0. The summed E-state index contributed by atoms with van der Waals surface area (Å²) in [5.41, 5.74) is 0. The minimum atomic E-state index is -2.21. The zero-order valence-electron chi connectivity index (χ0n) is 11.8. The van der Waals surface area contributed by atoms with Gasteiger partial charge in [-0.15, -0.1) is 12.6 Å². The van der Waals surface area contributed by atoms with E-state index in [1.54, 1.807) is 7.11 Å². The molecule has 0 aliphatic rings. The molecule has 4 nitrogen and oxygen atoms in total. The van der Waals surface area contributed by atoms with E-state index in [0.717, 1.165) is 19.0 Å². The molecule has 0 fully saturated rings. The second-order valence-electron chi connectivity index (χ2n) is 4.02. The predicted octanol–water partition coefficient (Wildman–Crippen LogP) is 2.22. The molecule has 0 spiro atoms. The van der Waals surface area contributed by atoms with E-state index in [9.17, 15) is 0 Å². The summed E-state index contributed by atoms with van der Waals surface area (Å²) >= 11 is 9.14. The van der Waals surface area contributed by atoms with Crippen LogP contribution in [0.1, 0.15) is 20.3 Å². The zero-order valence-corrected chi connectivity index (χ0v) is 14.5. The first kappa shape index (κ1) is 18.3. The van der Waals surface area contributed by atoms with Gasteiger partial charge >= 0.3 is 8.56 Å². The molecular formula is C11H25NO3S2Si. The molecule has 0 rings (SSSR count). The van der Waals surface area contributed by atoms with Crippen LogP contribution in [0.3, 0.4) is 0 Å². The third-order valence-corrected chi connectivity index (χ3v) is 6.68. The molecule has 0 saturated heterocycles. The Morgan fingerprint density at radius 1 is 1.28 bits per heavy atom. The maximum absolute atomic E-state index is 5.87. The molecule has 0 heterocycles. The van der Waals surface area contributed by atoms with Gasteiger partial charge in [0.05, 0.1) is 6.23 Å².